The summed E-state index contributed by atoms with van der Waals surface area (Å²) in [5, 5.41) is 11.8. The van der Waals surface area contributed by atoms with Crippen LogP contribution in [0.25, 0.3) is 0 Å². The quantitative estimate of drug-likeness (QED) is 0.392. The number of nitrogens with zero attached hydrogens (tertiary/aromatic N) is 2. The van der Waals surface area contributed by atoms with Crippen molar-refractivity contribution in [2.75, 3.05) is 0 Å². The fraction of sp³-hybridized carbons (Fsp3) is 0.462. The summed E-state index contributed by atoms with van der Waals surface area (Å²) in [5.74, 6) is 5.60. The lowest BCUT2D eigenvalue weighted by molar-refractivity contribution is -0.384. The minimum atomic E-state index is -0.490. The average molecular weight is 263 g/mol. The van der Waals surface area contributed by atoms with E-state index in [1.54, 1.807) is 0 Å². The first kappa shape index (κ1) is 13.5. The summed E-state index contributed by atoms with van der Waals surface area (Å²) in [6.45, 7) is 0. The SMILES string of the molecule is NN(C(=O)c1ccc([N+](=O)[O-])cc1)C1CCCCC1. The standard InChI is InChI=1S/C13H17N3O3/c14-15(11-4-2-1-3-5-11)13(17)10-6-8-12(9-7-10)16(18)19/h6-9,11H,1-5,14H2. The number of amides is 1. The summed E-state index contributed by atoms with van der Waals surface area (Å²) in [7, 11) is 0. The van der Waals surface area contributed by atoms with E-state index in [-0.39, 0.29) is 17.6 Å². The van der Waals surface area contributed by atoms with Crippen LogP contribution in [0.2, 0.25) is 0 Å². The molecule has 1 saturated carbocycles. The summed E-state index contributed by atoms with van der Waals surface area (Å²) >= 11 is 0. The average Bonchev–Trinajstić information content (AvgIpc) is 2.46. The van der Waals surface area contributed by atoms with Crippen LogP contribution < -0.4 is 5.84 Å². The van der Waals surface area contributed by atoms with E-state index in [2.05, 4.69) is 0 Å². The zero-order valence-corrected chi connectivity index (χ0v) is 10.6. The van der Waals surface area contributed by atoms with Crippen molar-refractivity contribution >= 4 is 11.6 Å². The van der Waals surface area contributed by atoms with Gasteiger partial charge in [0.25, 0.3) is 11.6 Å². The van der Waals surface area contributed by atoms with Gasteiger partial charge in [-0.3, -0.25) is 19.9 Å². The smallest absolute Gasteiger partial charge is 0.269 e. The van der Waals surface area contributed by atoms with Crippen LogP contribution in [-0.2, 0) is 0 Å². The van der Waals surface area contributed by atoms with E-state index in [4.69, 9.17) is 5.84 Å². The summed E-state index contributed by atoms with van der Waals surface area (Å²) < 4.78 is 0. The second-order valence-electron chi connectivity index (χ2n) is 4.81. The molecular formula is C13H17N3O3. The molecule has 6 heteroatoms. The predicted molar refractivity (Wildman–Crippen MR) is 70.3 cm³/mol. The Kier molecular flexibility index (Phi) is 4.11. The second kappa shape index (κ2) is 5.79. The fourth-order valence-electron chi connectivity index (χ4n) is 2.40. The first-order valence-corrected chi connectivity index (χ1v) is 6.42. The molecule has 2 N–H and O–H groups in total. The van der Waals surface area contributed by atoms with Gasteiger partial charge in [0.2, 0.25) is 0 Å². The summed E-state index contributed by atoms with van der Waals surface area (Å²) in [5.41, 5.74) is 0.358. The van der Waals surface area contributed by atoms with Gasteiger partial charge < -0.3 is 0 Å². The van der Waals surface area contributed by atoms with E-state index in [1.165, 1.54) is 35.7 Å². The molecule has 0 saturated heterocycles. The minimum absolute atomic E-state index is 0.0298. The van der Waals surface area contributed by atoms with Crippen molar-refractivity contribution in [1.29, 1.82) is 0 Å². The van der Waals surface area contributed by atoms with Gasteiger partial charge >= 0.3 is 0 Å². The van der Waals surface area contributed by atoms with Crippen molar-refractivity contribution in [3.63, 3.8) is 0 Å². The Bertz CT molecular complexity index is 467. The molecule has 0 aliphatic heterocycles. The Balaban J connectivity index is 2.07. The van der Waals surface area contributed by atoms with E-state index in [1.807, 2.05) is 0 Å². The molecule has 1 aromatic carbocycles. The normalized spacial score (nSPS) is 16.1. The number of hydrogen-bond donors (Lipinski definition) is 1. The number of nitro benzene ring substituents is 1. The number of non-ortho nitro benzene ring substituents is 1. The van der Waals surface area contributed by atoms with Gasteiger partial charge in [0.15, 0.2) is 0 Å². The van der Waals surface area contributed by atoms with E-state index < -0.39 is 4.92 Å². The van der Waals surface area contributed by atoms with Gasteiger partial charge in [0.05, 0.1) is 4.92 Å². The molecule has 2 rings (SSSR count). The lowest BCUT2D eigenvalue weighted by atomic mass is 9.95. The highest BCUT2D eigenvalue weighted by Gasteiger charge is 2.24. The summed E-state index contributed by atoms with van der Waals surface area (Å²) in [4.78, 5) is 22.2. The Morgan fingerprint density at radius 1 is 1.21 bits per heavy atom. The molecule has 0 aromatic heterocycles. The molecule has 1 aliphatic carbocycles. The predicted octanol–water partition coefficient (Wildman–Crippen LogP) is 2.24. The third-order valence-corrected chi connectivity index (χ3v) is 3.53. The lowest BCUT2D eigenvalue weighted by Gasteiger charge is -2.30. The molecule has 0 radical (unpaired) electrons. The van der Waals surface area contributed by atoms with Gasteiger partial charge in [-0.25, -0.2) is 5.84 Å². The first-order chi connectivity index (χ1) is 9.09. The van der Waals surface area contributed by atoms with E-state index in [0.717, 1.165) is 25.7 Å². The van der Waals surface area contributed by atoms with Gasteiger partial charge in [0, 0.05) is 23.7 Å². The number of hydrogen-bond acceptors (Lipinski definition) is 4. The van der Waals surface area contributed by atoms with Crippen molar-refractivity contribution in [3.05, 3.63) is 39.9 Å². The molecule has 1 fully saturated rings. The maximum absolute atomic E-state index is 12.2. The molecule has 1 aliphatic rings. The highest BCUT2D eigenvalue weighted by Crippen LogP contribution is 2.22. The third kappa shape index (κ3) is 3.08. The van der Waals surface area contributed by atoms with Crippen LogP contribution in [0, 0.1) is 10.1 Å². The van der Waals surface area contributed by atoms with E-state index >= 15 is 0 Å². The number of carbonyl (C=O) groups excluding carboxylic acids is 1. The third-order valence-electron chi connectivity index (χ3n) is 3.53. The van der Waals surface area contributed by atoms with Gasteiger partial charge in [-0.1, -0.05) is 19.3 Å². The maximum atomic E-state index is 12.2. The molecule has 1 amide bonds. The van der Waals surface area contributed by atoms with Crippen LogP contribution in [0.1, 0.15) is 42.5 Å². The molecule has 6 nitrogen and oxygen atoms in total. The zero-order valence-electron chi connectivity index (χ0n) is 10.6. The van der Waals surface area contributed by atoms with E-state index in [0.29, 0.717) is 5.56 Å². The molecule has 102 valence electrons. The number of rotatable bonds is 3. The van der Waals surface area contributed by atoms with Crippen molar-refractivity contribution in [2.24, 2.45) is 5.84 Å². The van der Waals surface area contributed by atoms with Crippen molar-refractivity contribution in [1.82, 2.24) is 5.01 Å². The van der Waals surface area contributed by atoms with Crippen LogP contribution in [0.5, 0.6) is 0 Å². The summed E-state index contributed by atoms with van der Waals surface area (Å²) in [6, 6.07) is 5.62. The van der Waals surface area contributed by atoms with Crippen molar-refractivity contribution < 1.29 is 9.72 Å². The molecule has 0 spiro atoms. The molecule has 0 bridgehead atoms. The van der Waals surface area contributed by atoms with Gasteiger partial charge in [-0.15, -0.1) is 0 Å². The minimum Gasteiger partial charge on any atom is -0.274 e. The van der Waals surface area contributed by atoms with Crippen LogP contribution in [0.3, 0.4) is 0 Å². The highest BCUT2D eigenvalue weighted by atomic mass is 16.6. The molecule has 19 heavy (non-hydrogen) atoms. The van der Waals surface area contributed by atoms with Crippen molar-refractivity contribution in [2.45, 2.75) is 38.1 Å². The van der Waals surface area contributed by atoms with Crippen molar-refractivity contribution in [3.8, 4) is 0 Å². The molecular weight excluding hydrogens is 246 g/mol. The topological polar surface area (TPSA) is 89.5 Å². The van der Waals surface area contributed by atoms with Crippen LogP contribution >= 0.6 is 0 Å². The Hall–Kier alpha value is -1.95. The molecule has 0 unspecified atom stereocenters. The Morgan fingerprint density at radius 3 is 2.32 bits per heavy atom. The second-order valence-corrected chi connectivity index (χ2v) is 4.81. The summed E-state index contributed by atoms with van der Waals surface area (Å²) in [6.07, 6.45) is 5.22. The monoisotopic (exact) mass is 263 g/mol. The first-order valence-electron chi connectivity index (χ1n) is 6.42. The number of nitrogens with two attached hydrogens (primary N) is 1. The molecule has 0 atom stereocenters. The van der Waals surface area contributed by atoms with Gasteiger partial charge in [0.1, 0.15) is 0 Å². The number of nitro groups is 1. The zero-order chi connectivity index (χ0) is 13.8. The lowest BCUT2D eigenvalue weighted by Crippen LogP contribution is -2.46. The van der Waals surface area contributed by atoms with Crippen LogP contribution in [-0.4, -0.2) is 21.9 Å². The molecule has 0 heterocycles. The Morgan fingerprint density at radius 2 is 1.79 bits per heavy atom. The maximum Gasteiger partial charge on any atom is 0.269 e. The highest BCUT2D eigenvalue weighted by molar-refractivity contribution is 5.94. The van der Waals surface area contributed by atoms with Gasteiger partial charge in [-0.05, 0) is 25.0 Å². The molecule has 1 aromatic rings. The number of hydrazine groups is 1. The van der Waals surface area contributed by atoms with E-state index in [9.17, 15) is 14.9 Å². The fourth-order valence-corrected chi connectivity index (χ4v) is 2.40. The number of carbonyl (C=O) groups is 1. The Labute approximate surface area is 111 Å². The number of benzene rings is 1. The van der Waals surface area contributed by atoms with Gasteiger partial charge in [-0.2, -0.15) is 0 Å². The van der Waals surface area contributed by atoms with Crippen LogP contribution in [0.15, 0.2) is 24.3 Å². The van der Waals surface area contributed by atoms with Crippen LogP contribution in [0.4, 0.5) is 5.69 Å². The largest absolute Gasteiger partial charge is 0.274 e.